The highest BCUT2D eigenvalue weighted by molar-refractivity contribution is 5.77. The van der Waals surface area contributed by atoms with E-state index in [4.69, 9.17) is 9.84 Å². The lowest BCUT2D eigenvalue weighted by Crippen LogP contribution is -2.39. The van der Waals surface area contributed by atoms with Crippen molar-refractivity contribution in [2.75, 3.05) is 53.6 Å². The molecule has 0 spiro atoms. The lowest BCUT2D eigenvalue weighted by atomic mass is 10.4. The van der Waals surface area contributed by atoms with E-state index < -0.39 is 0 Å². The van der Waals surface area contributed by atoms with Crippen molar-refractivity contribution < 1.29 is 38.5 Å². The van der Waals surface area contributed by atoms with Gasteiger partial charge in [-0.3, -0.25) is 19.2 Å². The summed E-state index contributed by atoms with van der Waals surface area (Å²) in [4.78, 5) is 44.1. The fraction of sp³-hybridized carbons (Fsp3) is 0.739. The Hall–Kier alpha value is -2.62. The maximum atomic E-state index is 10.7. The fourth-order valence-corrected chi connectivity index (χ4v) is 1.86. The maximum absolute atomic E-state index is 10.7. The number of esters is 2. The van der Waals surface area contributed by atoms with E-state index in [-0.39, 0.29) is 23.6 Å². The third-order valence-electron chi connectivity index (χ3n) is 3.40. The number of carbonyl (C=O) groups is 4. The number of rotatable bonds is 1. The summed E-state index contributed by atoms with van der Waals surface area (Å²) >= 11 is 0. The summed E-state index contributed by atoms with van der Waals surface area (Å²) in [5.41, 5.74) is 0. The lowest BCUT2D eigenvalue weighted by molar-refractivity contribution is -0.140. The van der Waals surface area contributed by atoms with E-state index >= 15 is 0 Å². The SMILES string of the molecule is C=C(C)O.CC.CC(=O)N1CCOCC1.CCOC(C)=O.CN1CCCC1=O.COC(C)=O. The molecule has 196 valence electrons. The molecule has 0 aromatic carbocycles. The minimum absolute atomic E-state index is 0.151. The minimum atomic E-state index is -0.245. The van der Waals surface area contributed by atoms with Crippen molar-refractivity contribution >= 4 is 23.8 Å². The molecule has 0 aromatic rings. The topological polar surface area (TPSA) is 123 Å². The van der Waals surface area contributed by atoms with Crippen LogP contribution >= 0.6 is 0 Å². The first-order valence-corrected chi connectivity index (χ1v) is 11.0. The third-order valence-corrected chi connectivity index (χ3v) is 3.40. The number of ether oxygens (including phenoxy) is 3. The number of allylic oxidation sites excluding steroid dienone is 1. The molecule has 0 aromatic heterocycles. The summed E-state index contributed by atoms with van der Waals surface area (Å²) in [7, 11) is 3.19. The number of aliphatic hydroxyl groups excluding tert-OH is 1. The van der Waals surface area contributed by atoms with Crippen LogP contribution in [0.15, 0.2) is 12.3 Å². The van der Waals surface area contributed by atoms with Crippen LogP contribution in [0.5, 0.6) is 0 Å². The highest BCUT2D eigenvalue weighted by Gasteiger charge is 2.14. The Morgan fingerprint density at radius 2 is 1.45 bits per heavy atom. The second-order valence-corrected chi connectivity index (χ2v) is 6.39. The predicted molar refractivity (Wildman–Crippen MR) is 129 cm³/mol. The van der Waals surface area contributed by atoms with Gasteiger partial charge in [-0.2, -0.15) is 0 Å². The summed E-state index contributed by atoms with van der Waals surface area (Å²) in [6, 6.07) is 0. The third kappa shape index (κ3) is 37.1. The molecule has 2 fully saturated rings. The van der Waals surface area contributed by atoms with Gasteiger partial charge < -0.3 is 29.1 Å². The van der Waals surface area contributed by atoms with Crippen molar-refractivity contribution in [3.8, 4) is 0 Å². The largest absolute Gasteiger partial charge is 0.513 e. The molecule has 0 radical (unpaired) electrons. The molecule has 0 unspecified atom stereocenters. The van der Waals surface area contributed by atoms with Gasteiger partial charge in [0.1, 0.15) is 0 Å². The van der Waals surface area contributed by atoms with Gasteiger partial charge in [-0.1, -0.05) is 20.4 Å². The van der Waals surface area contributed by atoms with E-state index in [9.17, 15) is 19.2 Å². The number of hydrogen-bond acceptors (Lipinski definition) is 8. The molecule has 0 saturated carbocycles. The second-order valence-electron chi connectivity index (χ2n) is 6.39. The molecule has 10 heteroatoms. The molecule has 1 N–H and O–H groups in total. The van der Waals surface area contributed by atoms with Gasteiger partial charge in [0.2, 0.25) is 11.8 Å². The molecular formula is C23H46N2O8. The Labute approximate surface area is 199 Å². The standard InChI is InChI=1S/C6H11NO2.C5H9NO.C4H8O2.C3H6O2.C3H6O.C2H6/c1-6(8)7-2-4-9-5-3-7;1-6-4-2-3-5(6)7;1-3-6-4(2)5;1-3(4)5-2;1-3(2)4;1-2/h2-5H2,1H3;2-4H2,1H3;3H2,1-2H3;1-2H3;4H,1H2,2H3;1-2H3. The van der Waals surface area contributed by atoms with E-state index in [0.29, 0.717) is 25.7 Å². The number of hydrogen-bond donors (Lipinski definition) is 1. The average molecular weight is 479 g/mol. The van der Waals surface area contributed by atoms with Gasteiger partial charge in [0, 0.05) is 53.9 Å². The van der Waals surface area contributed by atoms with Crippen molar-refractivity contribution in [1.82, 2.24) is 9.80 Å². The van der Waals surface area contributed by atoms with E-state index in [0.717, 1.165) is 32.5 Å². The molecule has 2 saturated heterocycles. The molecule has 2 aliphatic heterocycles. The molecular weight excluding hydrogens is 432 g/mol. The summed E-state index contributed by atoms with van der Waals surface area (Å²) in [6.45, 7) is 19.1. The van der Waals surface area contributed by atoms with Crippen LogP contribution in [-0.4, -0.2) is 92.3 Å². The zero-order valence-corrected chi connectivity index (χ0v) is 22.1. The van der Waals surface area contributed by atoms with Crippen molar-refractivity contribution in [3.05, 3.63) is 12.3 Å². The van der Waals surface area contributed by atoms with E-state index in [2.05, 4.69) is 16.1 Å². The van der Waals surface area contributed by atoms with E-state index in [1.165, 1.54) is 27.9 Å². The number of carbonyl (C=O) groups excluding carboxylic acids is 4. The lowest BCUT2D eigenvalue weighted by Gasteiger charge is -2.25. The Morgan fingerprint density at radius 1 is 1.03 bits per heavy atom. The van der Waals surface area contributed by atoms with Crippen molar-refractivity contribution in [1.29, 1.82) is 0 Å². The van der Waals surface area contributed by atoms with Gasteiger partial charge in [-0.05, 0) is 20.3 Å². The Bertz CT molecular complexity index is 529. The molecule has 2 heterocycles. The number of morpholine rings is 1. The van der Waals surface area contributed by atoms with Crippen LogP contribution in [0.25, 0.3) is 0 Å². The van der Waals surface area contributed by atoms with Crippen molar-refractivity contribution in [3.63, 3.8) is 0 Å². The first-order chi connectivity index (χ1) is 15.4. The van der Waals surface area contributed by atoms with E-state index in [1.54, 1.807) is 23.6 Å². The predicted octanol–water partition coefficient (Wildman–Crippen LogP) is 2.96. The van der Waals surface area contributed by atoms with Crippen LogP contribution in [0.2, 0.25) is 0 Å². The molecule has 2 amide bonds. The van der Waals surface area contributed by atoms with Gasteiger partial charge in [0.25, 0.3) is 0 Å². The molecule has 2 aliphatic rings. The second kappa shape index (κ2) is 27.4. The minimum Gasteiger partial charge on any atom is -0.513 e. The number of nitrogens with zero attached hydrogens (tertiary/aromatic N) is 2. The van der Waals surface area contributed by atoms with Gasteiger partial charge in [0.05, 0.1) is 32.7 Å². The first kappa shape index (κ1) is 37.7. The molecule has 0 aliphatic carbocycles. The number of aliphatic hydroxyl groups is 1. The van der Waals surface area contributed by atoms with Crippen LogP contribution in [-0.2, 0) is 33.4 Å². The molecule has 2 rings (SSSR count). The summed E-state index contributed by atoms with van der Waals surface area (Å²) in [5.74, 6) is 0.154. The highest BCUT2D eigenvalue weighted by Crippen LogP contribution is 2.04. The number of likely N-dealkylation sites (tertiary alicyclic amines) is 1. The summed E-state index contributed by atoms with van der Waals surface area (Å²) in [6.07, 6.45) is 1.81. The monoisotopic (exact) mass is 478 g/mol. The van der Waals surface area contributed by atoms with Gasteiger partial charge in [0.15, 0.2) is 0 Å². The van der Waals surface area contributed by atoms with E-state index in [1.807, 2.05) is 20.9 Å². The van der Waals surface area contributed by atoms with Crippen molar-refractivity contribution in [2.24, 2.45) is 0 Å². The maximum Gasteiger partial charge on any atom is 0.302 e. The number of methoxy groups -OCH3 is 1. The smallest absolute Gasteiger partial charge is 0.302 e. The Kier molecular flexibility index (Phi) is 31.3. The van der Waals surface area contributed by atoms with Crippen LogP contribution < -0.4 is 0 Å². The first-order valence-electron chi connectivity index (χ1n) is 11.0. The molecule has 0 bridgehead atoms. The van der Waals surface area contributed by atoms with Crippen LogP contribution in [0.4, 0.5) is 0 Å². The normalized spacial score (nSPS) is 13.3. The summed E-state index contributed by atoms with van der Waals surface area (Å²) in [5, 5.41) is 7.86. The molecule has 0 atom stereocenters. The van der Waals surface area contributed by atoms with Crippen molar-refractivity contribution in [2.45, 2.75) is 61.3 Å². The zero-order chi connectivity index (χ0) is 26.8. The van der Waals surface area contributed by atoms with Gasteiger partial charge in [-0.15, -0.1) is 0 Å². The fourth-order valence-electron chi connectivity index (χ4n) is 1.86. The van der Waals surface area contributed by atoms with Crippen LogP contribution in [0.1, 0.15) is 61.3 Å². The van der Waals surface area contributed by atoms with Gasteiger partial charge >= 0.3 is 11.9 Å². The van der Waals surface area contributed by atoms with Crippen LogP contribution in [0.3, 0.4) is 0 Å². The van der Waals surface area contributed by atoms with Crippen LogP contribution in [0, 0.1) is 0 Å². The Balaban J connectivity index is -0.000000161. The number of amides is 2. The highest BCUT2D eigenvalue weighted by atomic mass is 16.5. The summed E-state index contributed by atoms with van der Waals surface area (Å²) < 4.78 is 13.6. The molecule has 10 nitrogen and oxygen atoms in total. The van der Waals surface area contributed by atoms with Gasteiger partial charge in [-0.25, -0.2) is 0 Å². The Morgan fingerprint density at radius 3 is 1.58 bits per heavy atom. The zero-order valence-electron chi connectivity index (χ0n) is 22.1. The molecule has 33 heavy (non-hydrogen) atoms. The average Bonchev–Trinajstić information content (AvgIpc) is 3.13. The quantitative estimate of drug-likeness (QED) is 0.451.